The zero-order valence-electron chi connectivity index (χ0n) is 16.3. The van der Waals surface area contributed by atoms with Gasteiger partial charge in [-0.15, -0.1) is 0 Å². The molecule has 0 aromatic rings. The van der Waals surface area contributed by atoms with Gasteiger partial charge in [-0.05, 0) is 0 Å². The van der Waals surface area contributed by atoms with Crippen LogP contribution in [0, 0.1) is 0 Å². The van der Waals surface area contributed by atoms with E-state index in [2.05, 4.69) is 0 Å². The monoisotopic (exact) mass is 491 g/mol. The minimum Gasteiger partial charge on any atom is -0.463 e. The summed E-state index contributed by atoms with van der Waals surface area (Å²) in [5.41, 5.74) is 0. The summed E-state index contributed by atoms with van der Waals surface area (Å²) >= 11 is 17.6. The predicted octanol–water partition coefficient (Wildman–Crippen LogP) is 0.556. The zero-order valence-corrected chi connectivity index (χ0v) is 18.6. The third-order valence-electron chi connectivity index (χ3n) is 3.74. The van der Waals surface area contributed by atoms with Crippen LogP contribution in [0.1, 0.15) is 27.7 Å². The van der Waals surface area contributed by atoms with Gasteiger partial charge in [0.25, 0.3) is 5.91 Å². The topological polar surface area (TPSA) is 144 Å². The molecule has 170 valence electrons. The largest absolute Gasteiger partial charge is 0.463 e. The highest BCUT2D eigenvalue weighted by atomic mass is 35.5. The Morgan fingerprint density at radius 2 is 1.30 bits per heavy atom. The maximum atomic E-state index is 12.1. The fourth-order valence-corrected chi connectivity index (χ4v) is 3.40. The molecule has 1 heterocycles. The molecule has 1 aliphatic rings. The van der Waals surface area contributed by atoms with E-state index in [9.17, 15) is 24.0 Å². The Morgan fingerprint density at radius 3 is 1.73 bits per heavy atom. The molecule has 1 N–H and O–H groups in total. The Kier molecular flexibility index (Phi) is 9.60. The molecule has 1 fully saturated rings. The highest BCUT2D eigenvalue weighted by molar-refractivity contribution is 6.59. The van der Waals surface area contributed by atoms with Gasteiger partial charge in [0.15, 0.2) is 18.3 Å². The molecular weight excluding hydrogens is 473 g/mol. The van der Waals surface area contributed by atoms with Crippen LogP contribution in [0.15, 0.2) is 0 Å². The number of rotatable bonds is 7. The van der Waals surface area contributed by atoms with Crippen LogP contribution in [-0.4, -0.2) is 71.2 Å². The van der Waals surface area contributed by atoms with Gasteiger partial charge >= 0.3 is 23.9 Å². The quantitative estimate of drug-likeness (QED) is 0.232. The number of carbonyl (C=O) groups excluding carboxylic acids is 5. The van der Waals surface area contributed by atoms with Gasteiger partial charge in [0, 0.05) is 39.5 Å². The lowest BCUT2D eigenvalue weighted by atomic mass is 9.92. The van der Waals surface area contributed by atoms with Crippen LogP contribution >= 0.6 is 35.0 Å². The minimum atomic E-state index is -2.46. The van der Waals surface area contributed by atoms with Gasteiger partial charge in [-0.2, -0.15) is 0 Å². The normalized spacial score (nSPS) is 26.2. The number of hydrogen-bond donors (Lipinski definition) is 1. The summed E-state index contributed by atoms with van der Waals surface area (Å²) in [6, 6.07) is 0. The number of alkyl halides is 2. The molecule has 0 spiro atoms. The Labute approximate surface area is 186 Å². The first-order valence-corrected chi connectivity index (χ1v) is 9.54. The first kappa shape index (κ1) is 26.2. The number of nitrogens with one attached hydrogen (secondary N) is 1. The third kappa shape index (κ3) is 6.86. The van der Waals surface area contributed by atoms with E-state index < -0.39 is 71.2 Å². The number of esters is 4. The second-order valence-corrected chi connectivity index (χ2v) is 7.74. The SMILES string of the molecule is CC(=O)OC[C@H]1O[C@H](C(Cl)(Cl)C(=O)NCl)[C@H](OC(C)=O)[C@@H](OC(C)=O)[C@@H]1OC(C)=O. The summed E-state index contributed by atoms with van der Waals surface area (Å²) in [5, 5.41) is 0. The van der Waals surface area contributed by atoms with E-state index in [1.807, 2.05) is 0 Å². The van der Waals surface area contributed by atoms with Gasteiger partial charge in [-0.1, -0.05) is 23.2 Å². The van der Waals surface area contributed by atoms with E-state index in [-0.39, 0.29) is 0 Å². The minimum absolute atomic E-state index is 0.499. The lowest BCUT2D eigenvalue weighted by Crippen LogP contribution is -2.67. The number of hydrogen-bond acceptors (Lipinski definition) is 10. The van der Waals surface area contributed by atoms with Crippen molar-refractivity contribution in [2.75, 3.05) is 6.61 Å². The Balaban J connectivity index is 3.52. The van der Waals surface area contributed by atoms with Crippen molar-refractivity contribution in [2.45, 2.75) is 62.5 Å². The number of halogens is 3. The van der Waals surface area contributed by atoms with Gasteiger partial charge < -0.3 is 23.7 Å². The van der Waals surface area contributed by atoms with Gasteiger partial charge in [-0.3, -0.25) is 28.8 Å². The lowest BCUT2D eigenvalue weighted by molar-refractivity contribution is -0.253. The first-order chi connectivity index (χ1) is 13.8. The summed E-state index contributed by atoms with van der Waals surface area (Å²) in [6.45, 7) is 3.75. The summed E-state index contributed by atoms with van der Waals surface area (Å²) < 4.78 is 23.6. The van der Waals surface area contributed by atoms with Gasteiger partial charge in [-0.25, -0.2) is 0 Å². The molecule has 0 radical (unpaired) electrons. The van der Waals surface area contributed by atoms with Gasteiger partial charge in [0.1, 0.15) is 18.8 Å². The molecule has 1 amide bonds. The second-order valence-electron chi connectivity index (χ2n) is 6.17. The van der Waals surface area contributed by atoms with Crippen molar-refractivity contribution in [2.24, 2.45) is 0 Å². The molecule has 30 heavy (non-hydrogen) atoms. The van der Waals surface area contributed by atoms with Crippen LogP contribution in [0.3, 0.4) is 0 Å². The molecule has 1 saturated heterocycles. The molecule has 0 unspecified atom stereocenters. The fraction of sp³-hybridized carbons (Fsp3) is 0.688. The van der Waals surface area contributed by atoms with E-state index in [4.69, 9.17) is 58.7 Å². The average molecular weight is 493 g/mol. The lowest BCUT2D eigenvalue weighted by Gasteiger charge is -2.46. The van der Waals surface area contributed by atoms with Crippen molar-refractivity contribution in [3.05, 3.63) is 0 Å². The molecule has 1 rings (SSSR count). The maximum absolute atomic E-state index is 12.1. The molecule has 0 aromatic carbocycles. The Hall–Kier alpha value is -1.82. The zero-order chi connectivity index (χ0) is 23.2. The van der Waals surface area contributed by atoms with Crippen molar-refractivity contribution >= 4 is 64.8 Å². The van der Waals surface area contributed by atoms with E-state index in [1.165, 1.54) is 0 Å². The first-order valence-electron chi connectivity index (χ1n) is 8.40. The summed E-state index contributed by atoms with van der Waals surface area (Å²) in [4.78, 5) is 60.1. The van der Waals surface area contributed by atoms with E-state index in [0.29, 0.717) is 0 Å². The highest BCUT2D eigenvalue weighted by Crippen LogP contribution is 2.39. The summed E-state index contributed by atoms with van der Waals surface area (Å²) in [5.74, 6) is -4.38. The molecule has 14 heteroatoms. The van der Waals surface area contributed by atoms with E-state index >= 15 is 0 Å². The standard InChI is InChI=1S/C16H20Cl3NO10/c1-6(21)26-5-10-11(27-7(2)22)12(28-8(3)23)13(29-9(4)24)14(30-10)16(17,18)15(25)20-19/h10-14H,5H2,1-4H3,(H,20,25)/t10-,11-,12+,13-,14+/m1/s1. The van der Waals surface area contributed by atoms with Crippen LogP contribution in [0.4, 0.5) is 0 Å². The Bertz CT molecular complexity index is 701. The van der Waals surface area contributed by atoms with Crippen molar-refractivity contribution in [1.82, 2.24) is 4.84 Å². The predicted molar refractivity (Wildman–Crippen MR) is 100 cm³/mol. The van der Waals surface area contributed by atoms with Crippen molar-refractivity contribution < 1.29 is 47.7 Å². The molecule has 5 atom stereocenters. The number of amides is 1. The van der Waals surface area contributed by atoms with Crippen LogP contribution < -0.4 is 4.84 Å². The van der Waals surface area contributed by atoms with Crippen molar-refractivity contribution in [3.8, 4) is 0 Å². The summed E-state index contributed by atoms with van der Waals surface area (Å²) in [7, 11) is 0. The molecule has 1 aliphatic heterocycles. The van der Waals surface area contributed by atoms with Crippen molar-refractivity contribution in [3.63, 3.8) is 0 Å². The molecule has 0 aliphatic carbocycles. The molecular formula is C16H20Cl3NO10. The molecule has 0 saturated carbocycles. The van der Waals surface area contributed by atoms with Crippen LogP contribution in [-0.2, 0) is 47.7 Å². The molecule has 11 nitrogen and oxygen atoms in total. The summed E-state index contributed by atoms with van der Waals surface area (Å²) in [6.07, 6.45) is -7.52. The number of ether oxygens (including phenoxy) is 5. The number of carbonyl (C=O) groups is 5. The molecule has 0 aromatic heterocycles. The third-order valence-corrected chi connectivity index (χ3v) is 4.68. The van der Waals surface area contributed by atoms with Crippen LogP contribution in [0.2, 0.25) is 0 Å². The van der Waals surface area contributed by atoms with E-state index in [0.717, 1.165) is 27.7 Å². The maximum Gasteiger partial charge on any atom is 0.303 e. The Morgan fingerprint density at radius 1 is 0.833 bits per heavy atom. The fourth-order valence-electron chi connectivity index (χ4n) is 2.71. The van der Waals surface area contributed by atoms with Gasteiger partial charge in [0.2, 0.25) is 4.33 Å². The molecule has 0 bridgehead atoms. The van der Waals surface area contributed by atoms with Crippen molar-refractivity contribution in [1.29, 1.82) is 0 Å². The van der Waals surface area contributed by atoms with Crippen LogP contribution in [0.5, 0.6) is 0 Å². The highest BCUT2D eigenvalue weighted by Gasteiger charge is 2.60. The van der Waals surface area contributed by atoms with E-state index in [1.54, 1.807) is 4.84 Å². The smallest absolute Gasteiger partial charge is 0.303 e. The second kappa shape index (κ2) is 11.0. The van der Waals surface area contributed by atoms with Crippen LogP contribution in [0.25, 0.3) is 0 Å². The van der Waals surface area contributed by atoms with Gasteiger partial charge in [0.05, 0.1) is 0 Å². The average Bonchev–Trinajstić information content (AvgIpc) is 2.61.